The molecule has 0 aliphatic heterocycles. The van der Waals surface area contributed by atoms with Crippen molar-refractivity contribution in [3.8, 4) is 0 Å². The van der Waals surface area contributed by atoms with Crippen molar-refractivity contribution in [2.24, 2.45) is 0 Å². The predicted octanol–water partition coefficient (Wildman–Crippen LogP) is 3.59. The molecule has 0 fully saturated rings. The second kappa shape index (κ2) is 7.77. The summed E-state index contributed by atoms with van der Waals surface area (Å²) >= 11 is 0. The second-order valence-corrected chi connectivity index (χ2v) is 7.34. The maximum atomic E-state index is 12.8. The summed E-state index contributed by atoms with van der Waals surface area (Å²) < 4.78 is 61.5. The third-order valence-electron chi connectivity index (χ3n) is 3.45. The third-order valence-corrected chi connectivity index (χ3v) is 4.94. The van der Waals surface area contributed by atoms with E-state index in [0.29, 0.717) is 17.8 Å². The number of rotatable bonds is 6. The minimum absolute atomic E-state index is 0.00263. The Kier molecular flexibility index (Phi) is 5.91. The summed E-state index contributed by atoms with van der Waals surface area (Å²) in [6, 6.07) is 11.6. The fourth-order valence-corrected chi connectivity index (χ4v) is 3.04. The van der Waals surface area contributed by atoms with Gasteiger partial charge in [0, 0.05) is 6.54 Å². The van der Waals surface area contributed by atoms with E-state index in [9.17, 15) is 26.4 Å². The molecule has 140 valence electrons. The minimum Gasteiger partial charge on any atom is -0.384 e. The Hall–Kier alpha value is -2.55. The SMILES string of the molecule is CCNc1ccc(S(=O)(=O)C(F)(F)F)cc1NC(=O)Cc1ccccc1. The first-order valence-corrected chi connectivity index (χ1v) is 9.16. The van der Waals surface area contributed by atoms with E-state index >= 15 is 0 Å². The zero-order chi connectivity index (χ0) is 19.4. The van der Waals surface area contributed by atoms with Gasteiger partial charge in [0.1, 0.15) is 0 Å². The van der Waals surface area contributed by atoms with Crippen LogP contribution in [0.25, 0.3) is 0 Å². The summed E-state index contributed by atoms with van der Waals surface area (Å²) in [4.78, 5) is 11.3. The van der Waals surface area contributed by atoms with Crippen LogP contribution in [0.1, 0.15) is 12.5 Å². The van der Waals surface area contributed by atoms with Gasteiger partial charge in [0.25, 0.3) is 9.84 Å². The van der Waals surface area contributed by atoms with Gasteiger partial charge >= 0.3 is 5.51 Å². The number of nitrogens with one attached hydrogen (secondary N) is 2. The smallest absolute Gasteiger partial charge is 0.384 e. The number of alkyl halides is 3. The van der Waals surface area contributed by atoms with Crippen LogP contribution in [0.2, 0.25) is 0 Å². The summed E-state index contributed by atoms with van der Waals surface area (Å²) in [5, 5.41) is 5.35. The number of hydrogen-bond donors (Lipinski definition) is 2. The van der Waals surface area contributed by atoms with Crippen molar-refractivity contribution in [3.05, 3.63) is 54.1 Å². The van der Waals surface area contributed by atoms with Crippen LogP contribution in [0, 0.1) is 0 Å². The molecule has 2 aromatic carbocycles. The van der Waals surface area contributed by atoms with Gasteiger partial charge in [-0.3, -0.25) is 4.79 Å². The monoisotopic (exact) mass is 386 g/mol. The maximum Gasteiger partial charge on any atom is 0.501 e. The second-order valence-electron chi connectivity index (χ2n) is 5.40. The highest BCUT2D eigenvalue weighted by molar-refractivity contribution is 7.92. The Balaban J connectivity index is 2.33. The Morgan fingerprint density at radius 3 is 2.27 bits per heavy atom. The molecule has 2 rings (SSSR count). The standard InChI is InChI=1S/C17H17F3N2O3S/c1-2-21-14-9-8-13(26(24,25)17(18,19)20)11-15(14)22-16(23)10-12-6-4-3-5-7-12/h3-9,11,21H,2,10H2,1H3,(H,22,23). The summed E-state index contributed by atoms with van der Waals surface area (Å²) in [7, 11) is -5.50. The Morgan fingerprint density at radius 1 is 1.04 bits per heavy atom. The highest BCUT2D eigenvalue weighted by Crippen LogP contribution is 2.34. The van der Waals surface area contributed by atoms with Crippen molar-refractivity contribution < 1.29 is 26.4 Å². The van der Waals surface area contributed by atoms with E-state index in [1.165, 1.54) is 6.07 Å². The number of anilines is 2. The number of benzene rings is 2. The fourth-order valence-electron chi connectivity index (χ4n) is 2.25. The number of halogens is 3. The van der Waals surface area contributed by atoms with Crippen molar-refractivity contribution in [1.82, 2.24) is 0 Å². The summed E-state index contributed by atoms with van der Waals surface area (Å²) in [6.07, 6.45) is 0.00263. The molecule has 0 unspecified atom stereocenters. The first-order valence-electron chi connectivity index (χ1n) is 7.68. The zero-order valence-corrected chi connectivity index (χ0v) is 14.6. The fraction of sp³-hybridized carbons (Fsp3) is 0.235. The van der Waals surface area contributed by atoms with Crippen molar-refractivity contribution in [2.45, 2.75) is 23.7 Å². The van der Waals surface area contributed by atoms with Crippen LogP contribution in [0.4, 0.5) is 24.5 Å². The van der Waals surface area contributed by atoms with E-state index in [0.717, 1.165) is 12.1 Å². The van der Waals surface area contributed by atoms with E-state index in [2.05, 4.69) is 10.6 Å². The van der Waals surface area contributed by atoms with E-state index < -0.39 is 26.1 Å². The molecule has 0 aromatic heterocycles. The molecule has 0 saturated carbocycles. The lowest BCUT2D eigenvalue weighted by molar-refractivity contribution is -0.115. The van der Waals surface area contributed by atoms with Crippen LogP contribution in [0.3, 0.4) is 0 Å². The molecular formula is C17H17F3N2O3S. The molecule has 26 heavy (non-hydrogen) atoms. The van der Waals surface area contributed by atoms with E-state index in [1.807, 2.05) is 0 Å². The van der Waals surface area contributed by atoms with Crippen LogP contribution < -0.4 is 10.6 Å². The summed E-state index contributed by atoms with van der Waals surface area (Å²) in [5.41, 5.74) is -4.40. The molecule has 2 aromatic rings. The van der Waals surface area contributed by atoms with Gasteiger partial charge in [-0.2, -0.15) is 13.2 Å². The highest BCUT2D eigenvalue weighted by Gasteiger charge is 2.47. The Bertz CT molecular complexity index is 882. The van der Waals surface area contributed by atoms with Gasteiger partial charge in [0.2, 0.25) is 5.91 Å². The van der Waals surface area contributed by atoms with Gasteiger partial charge in [-0.05, 0) is 30.7 Å². The maximum absolute atomic E-state index is 12.8. The number of carbonyl (C=O) groups excluding carboxylic acids is 1. The van der Waals surface area contributed by atoms with Gasteiger partial charge in [-0.15, -0.1) is 0 Å². The molecule has 0 aliphatic rings. The number of hydrogen-bond acceptors (Lipinski definition) is 4. The lowest BCUT2D eigenvalue weighted by Crippen LogP contribution is -2.24. The number of carbonyl (C=O) groups is 1. The van der Waals surface area contributed by atoms with Gasteiger partial charge in [0.05, 0.1) is 22.7 Å². The third kappa shape index (κ3) is 4.54. The molecule has 2 N–H and O–H groups in total. The van der Waals surface area contributed by atoms with Crippen LogP contribution >= 0.6 is 0 Å². The van der Waals surface area contributed by atoms with E-state index in [-0.39, 0.29) is 12.1 Å². The normalized spacial score (nSPS) is 11.8. The van der Waals surface area contributed by atoms with Crippen LogP contribution in [-0.4, -0.2) is 26.4 Å². The Labute approximate surface area is 149 Å². The molecule has 1 amide bonds. The van der Waals surface area contributed by atoms with Gasteiger partial charge < -0.3 is 10.6 Å². The molecule has 0 aliphatic carbocycles. The molecule has 0 radical (unpaired) electrons. The molecule has 0 heterocycles. The van der Waals surface area contributed by atoms with Crippen LogP contribution in [0.15, 0.2) is 53.4 Å². The van der Waals surface area contributed by atoms with Crippen molar-refractivity contribution in [3.63, 3.8) is 0 Å². The Morgan fingerprint density at radius 2 is 1.69 bits per heavy atom. The molecule has 0 spiro atoms. The lowest BCUT2D eigenvalue weighted by Gasteiger charge is -2.15. The van der Waals surface area contributed by atoms with Gasteiger partial charge in [-0.1, -0.05) is 30.3 Å². The van der Waals surface area contributed by atoms with Crippen LogP contribution in [-0.2, 0) is 21.1 Å². The largest absolute Gasteiger partial charge is 0.501 e. The first kappa shape index (κ1) is 19.8. The molecule has 0 saturated heterocycles. The highest BCUT2D eigenvalue weighted by atomic mass is 32.2. The van der Waals surface area contributed by atoms with Crippen LogP contribution in [0.5, 0.6) is 0 Å². The number of sulfone groups is 1. The predicted molar refractivity (Wildman–Crippen MR) is 92.6 cm³/mol. The van der Waals surface area contributed by atoms with Crippen molar-refractivity contribution >= 4 is 27.1 Å². The van der Waals surface area contributed by atoms with Crippen molar-refractivity contribution in [1.29, 1.82) is 0 Å². The van der Waals surface area contributed by atoms with E-state index in [1.54, 1.807) is 37.3 Å². The average molecular weight is 386 g/mol. The average Bonchev–Trinajstić information content (AvgIpc) is 2.56. The molecule has 5 nitrogen and oxygen atoms in total. The minimum atomic E-state index is -5.50. The van der Waals surface area contributed by atoms with Crippen molar-refractivity contribution in [2.75, 3.05) is 17.2 Å². The summed E-state index contributed by atoms with van der Waals surface area (Å²) in [6.45, 7) is 2.20. The topological polar surface area (TPSA) is 75.3 Å². The molecular weight excluding hydrogens is 369 g/mol. The summed E-state index contributed by atoms with van der Waals surface area (Å²) in [5.74, 6) is -0.475. The first-order chi connectivity index (χ1) is 12.1. The van der Waals surface area contributed by atoms with Gasteiger partial charge in [0.15, 0.2) is 0 Å². The number of amides is 1. The molecule has 9 heteroatoms. The zero-order valence-electron chi connectivity index (χ0n) is 13.8. The molecule has 0 atom stereocenters. The molecule has 0 bridgehead atoms. The quantitative estimate of drug-likeness (QED) is 0.796. The van der Waals surface area contributed by atoms with Gasteiger partial charge in [-0.25, -0.2) is 8.42 Å². The lowest BCUT2D eigenvalue weighted by atomic mass is 10.1. The van der Waals surface area contributed by atoms with E-state index in [4.69, 9.17) is 0 Å².